The number of pyridine rings is 1. The standard InChI is InChI=1S/C33H27NO5S/c1-23(33(37)38-2)39-30-15-17-31(18-16-30)40-32-19-28(13-11-24-3-7-26(21-35)8-4-24)34-29(20-32)14-12-25-5-9-27(22-36)10-6-25/h3-10,15-20,23,35-36H,21-22H2,1-2H3. The van der Waals surface area contributed by atoms with E-state index in [0.717, 1.165) is 32.0 Å². The molecule has 0 amide bonds. The molecule has 0 fully saturated rings. The summed E-state index contributed by atoms with van der Waals surface area (Å²) >= 11 is 1.53. The zero-order chi connectivity index (χ0) is 28.3. The molecule has 7 heteroatoms. The van der Waals surface area contributed by atoms with E-state index in [4.69, 9.17) is 9.47 Å². The number of aromatic nitrogens is 1. The quantitative estimate of drug-likeness (QED) is 0.249. The van der Waals surface area contributed by atoms with Gasteiger partial charge in [-0.05, 0) is 90.6 Å². The molecule has 0 bridgehead atoms. The van der Waals surface area contributed by atoms with Crippen LogP contribution in [0.2, 0.25) is 0 Å². The van der Waals surface area contributed by atoms with Crippen LogP contribution in [-0.4, -0.2) is 34.4 Å². The van der Waals surface area contributed by atoms with E-state index in [0.29, 0.717) is 17.1 Å². The Hall–Kier alpha value is -4.53. The van der Waals surface area contributed by atoms with E-state index >= 15 is 0 Å². The molecule has 2 N–H and O–H groups in total. The lowest BCUT2D eigenvalue weighted by molar-refractivity contribution is -0.147. The Balaban J connectivity index is 1.60. The average molecular weight is 550 g/mol. The lowest BCUT2D eigenvalue weighted by Gasteiger charge is -2.12. The Morgan fingerprint density at radius 2 is 1.27 bits per heavy atom. The topological polar surface area (TPSA) is 88.9 Å². The maximum atomic E-state index is 11.6. The largest absolute Gasteiger partial charge is 0.479 e. The second-order valence-corrected chi connectivity index (χ2v) is 9.79. The third kappa shape index (κ3) is 8.23. The van der Waals surface area contributed by atoms with Gasteiger partial charge in [0.15, 0.2) is 6.10 Å². The third-order valence-electron chi connectivity index (χ3n) is 5.65. The molecule has 1 heterocycles. The predicted octanol–water partition coefficient (Wildman–Crippen LogP) is 4.96. The summed E-state index contributed by atoms with van der Waals surface area (Å²) in [5.74, 6) is 12.6. The molecule has 1 unspecified atom stereocenters. The molecule has 0 radical (unpaired) electrons. The molecule has 0 spiro atoms. The number of carbonyl (C=O) groups is 1. The molecule has 40 heavy (non-hydrogen) atoms. The molecule has 0 saturated heterocycles. The molecule has 0 aliphatic heterocycles. The molecule has 0 aliphatic rings. The van der Waals surface area contributed by atoms with Gasteiger partial charge < -0.3 is 19.7 Å². The number of carbonyl (C=O) groups excluding carboxylic acids is 1. The van der Waals surface area contributed by atoms with Gasteiger partial charge in [0.2, 0.25) is 0 Å². The smallest absolute Gasteiger partial charge is 0.346 e. The summed E-state index contributed by atoms with van der Waals surface area (Å²) in [4.78, 5) is 18.1. The second-order valence-electron chi connectivity index (χ2n) is 8.64. The number of rotatable bonds is 7. The molecule has 0 aliphatic carbocycles. The minimum Gasteiger partial charge on any atom is -0.479 e. The number of methoxy groups -OCH3 is 1. The minimum absolute atomic E-state index is 0.0172. The normalized spacial score (nSPS) is 10.9. The van der Waals surface area contributed by atoms with E-state index in [9.17, 15) is 15.0 Å². The summed E-state index contributed by atoms with van der Waals surface area (Å²) in [6.45, 7) is 1.60. The van der Waals surface area contributed by atoms with E-state index < -0.39 is 12.1 Å². The third-order valence-corrected chi connectivity index (χ3v) is 6.63. The highest BCUT2D eigenvalue weighted by Gasteiger charge is 2.14. The van der Waals surface area contributed by atoms with Crippen molar-refractivity contribution in [2.45, 2.75) is 36.0 Å². The molecule has 1 atom stereocenters. The van der Waals surface area contributed by atoms with Crippen molar-refractivity contribution >= 4 is 17.7 Å². The van der Waals surface area contributed by atoms with Crippen LogP contribution in [0.5, 0.6) is 5.75 Å². The molecular formula is C33H27NO5S. The summed E-state index contributed by atoms with van der Waals surface area (Å²) in [6, 6.07) is 26.0. The van der Waals surface area contributed by atoms with Crippen LogP contribution in [0, 0.1) is 23.7 Å². The summed E-state index contributed by atoms with van der Waals surface area (Å²) < 4.78 is 10.3. The van der Waals surface area contributed by atoms with Crippen molar-refractivity contribution in [2.75, 3.05) is 7.11 Å². The fraction of sp³-hybridized carbons (Fsp3) is 0.152. The van der Waals surface area contributed by atoms with Gasteiger partial charge in [-0.15, -0.1) is 0 Å². The Labute approximate surface area is 238 Å². The summed E-state index contributed by atoms with van der Waals surface area (Å²) in [5, 5.41) is 18.5. The first-order valence-corrected chi connectivity index (χ1v) is 13.3. The molecule has 0 saturated carbocycles. The first-order chi connectivity index (χ1) is 19.4. The van der Waals surface area contributed by atoms with Crippen LogP contribution < -0.4 is 4.74 Å². The van der Waals surface area contributed by atoms with Crippen molar-refractivity contribution in [2.24, 2.45) is 0 Å². The predicted molar refractivity (Wildman–Crippen MR) is 154 cm³/mol. The monoisotopic (exact) mass is 549 g/mol. The van der Waals surface area contributed by atoms with Gasteiger partial charge in [0.25, 0.3) is 0 Å². The Bertz CT molecular complexity index is 1490. The van der Waals surface area contributed by atoms with Gasteiger partial charge >= 0.3 is 5.97 Å². The summed E-state index contributed by atoms with van der Waals surface area (Å²) in [7, 11) is 1.33. The fourth-order valence-corrected chi connectivity index (χ4v) is 4.38. The van der Waals surface area contributed by atoms with E-state index in [1.54, 1.807) is 19.1 Å². The van der Waals surface area contributed by atoms with Gasteiger partial charge in [-0.1, -0.05) is 47.9 Å². The van der Waals surface area contributed by atoms with E-state index in [-0.39, 0.29) is 13.2 Å². The van der Waals surface area contributed by atoms with Crippen LogP contribution in [0.3, 0.4) is 0 Å². The van der Waals surface area contributed by atoms with E-state index in [2.05, 4.69) is 28.7 Å². The van der Waals surface area contributed by atoms with Gasteiger partial charge in [-0.3, -0.25) is 0 Å². The maximum Gasteiger partial charge on any atom is 0.346 e. The highest BCUT2D eigenvalue weighted by Crippen LogP contribution is 2.30. The number of hydrogen-bond acceptors (Lipinski definition) is 7. The van der Waals surface area contributed by atoms with Crippen molar-refractivity contribution in [3.8, 4) is 29.4 Å². The zero-order valence-corrected chi connectivity index (χ0v) is 22.9. The second kappa shape index (κ2) is 14.0. The number of benzene rings is 3. The lowest BCUT2D eigenvalue weighted by Crippen LogP contribution is -2.24. The molecular weight excluding hydrogens is 522 g/mol. The molecule has 3 aromatic carbocycles. The number of hydrogen-bond donors (Lipinski definition) is 2. The van der Waals surface area contributed by atoms with E-state index in [1.807, 2.05) is 72.8 Å². The first kappa shape index (κ1) is 28.5. The van der Waals surface area contributed by atoms with Gasteiger partial charge in [-0.25, -0.2) is 9.78 Å². The number of nitrogens with zero attached hydrogens (tertiary/aromatic N) is 1. The summed E-state index contributed by atoms with van der Waals surface area (Å²) in [6.07, 6.45) is -0.703. The molecule has 4 rings (SSSR count). The van der Waals surface area contributed by atoms with E-state index in [1.165, 1.54) is 18.9 Å². The molecule has 200 valence electrons. The molecule has 6 nitrogen and oxygen atoms in total. The number of aliphatic hydroxyl groups is 2. The SMILES string of the molecule is COC(=O)C(C)Oc1ccc(Sc2cc(C#Cc3ccc(CO)cc3)nc(C#Cc3ccc(CO)cc3)c2)cc1. The highest BCUT2D eigenvalue weighted by molar-refractivity contribution is 7.99. The van der Waals surface area contributed by atoms with Crippen molar-refractivity contribution in [3.63, 3.8) is 0 Å². The summed E-state index contributed by atoms with van der Waals surface area (Å²) in [5.41, 5.74) is 4.41. The minimum atomic E-state index is -0.703. The fourth-order valence-electron chi connectivity index (χ4n) is 3.49. The first-order valence-electron chi connectivity index (χ1n) is 12.4. The highest BCUT2D eigenvalue weighted by atomic mass is 32.2. The van der Waals surface area contributed by atoms with Gasteiger partial charge in [0.05, 0.1) is 20.3 Å². The molecule has 1 aromatic heterocycles. The van der Waals surface area contributed by atoms with Gasteiger partial charge in [0.1, 0.15) is 17.1 Å². The Kier molecular flexibility index (Phi) is 9.99. The van der Waals surface area contributed by atoms with Crippen LogP contribution in [0.15, 0.2) is 94.7 Å². The van der Waals surface area contributed by atoms with Gasteiger partial charge in [0, 0.05) is 20.9 Å². The maximum absolute atomic E-state index is 11.6. The number of esters is 1. The molecule has 4 aromatic rings. The Morgan fingerprint density at radius 3 is 1.73 bits per heavy atom. The van der Waals surface area contributed by atoms with Crippen molar-refractivity contribution in [1.82, 2.24) is 4.98 Å². The number of ether oxygens (including phenoxy) is 2. The zero-order valence-electron chi connectivity index (χ0n) is 22.0. The van der Waals surface area contributed by atoms with Crippen LogP contribution in [-0.2, 0) is 22.7 Å². The van der Waals surface area contributed by atoms with Crippen LogP contribution in [0.25, 0.3) is 0 Å². The van der Waals surface area contributed by atoms with Gasteiger partial charge in [-0.2, -0.15) is 0 Å². The van der Waals surface area contributed by atoms with Crippen LogP contribution >= 0.6 is 11.8 Å². The lowest BCUT2D eigenvalue weighted by atomic mass is 10.1. The number of aliphatic hydroxyl groups excluding tert-OH is 2. The van der Waals surface area contributed by atoms with Crippen molar-refractivity contribution < 1.29 is 24.5 Å². The van der Waals surface area contributed by atoms with Crippen molar-refractivity contribution in [3.05, 3.63) is 119 Å². The van der Waals surface area contributed by atoms with Crippen LogP contribution in [0.1, 0.15) is 40.6 Å². The Morgan fingerprint density at radius 1 is 0.775 bits per heavy atom. The average Bonchev–Trinajstić information content (AvgIpc) is 3.00. The van der Waals surface area contributed by atoms with Crippen LogP contribution in [0.4, 0.5) is 0 Å². The van der Waals surface area contributed by atoms with Crippen molar-refractivity contribution in [1.29, 1.82) is 0 Å².